The van der Waals surface area contributed by atoms with E-state index in [1.165, 1.54) is 212 Å². The van der Waals surface area contributed by atoms with Gasteiger partial charge in [-0.3, -0.25) is 14.4 Å². The largest absolute Gasteiger partial charge is 0.462 e. The molecule has 0 rings (SSSR count). The molecule has 0 aromatic carbocycles. The van der Waals surface area contributed by atoms with E-state index < -0.39 is 6.10 Å². The van der Waals surface area contributed by atoms with Gasteiger partial charge in [0, 0.05) is 19.3 Å². The Kier molecular flexibility index (Phi) is 49.1. The third kappa shape index (κ3) is 49.4. The van der Waals surface area contributed by atoms with Gasteiger partial charge in [0.1, 0.15) is 13.2 Å². The van der Waals surface area contributed by atoms with Gasteiger partial charge in [-0.2, -0.15) is 0 Å². The highest BCUT2D eigenvalue weighted by Crippen LogP contribution is 2.18. The van der Waals surface area contributed by atoms with Crippen LogP contribution < -0.4 is 0 Å². The normalized spacial score (nSPS) is 12.0. The Morgan fingerprint density at radius 3 is 0.790 bits per heavy atom. The van der Waals surface area contributed by atoms with Crippen molar-refractivity contribution < 1.29 is 28.6 Å². The van der Waals surface area contributed by atoms with Crippen molar-refractivity contribution in [1.29, 1.82) is 0 Å². The first-order valence-corrected chi connectivity index (χ1v) is 27.9. The topological polar surface area (TPSA) is 78.9 Å². The molecule has 0 aromatic heterocycles. The molecule has 6 heteroatoms. The number of hydrogen-bond donors (Lipinski definition) is 0. The summed E-state index contributed by atoms with van der Waals surface area (Å²) in [5, 5.41) is 0. The van der Waals surface area contributed by atoms with E-state index in [2.05, 4.69) is 27.7 Å². The van der Waals surface area contributed by atoms with E-state index in [1.54, 1.807) is 0 Å². The highest BCUT2D eigenvalue weighted by atomic mass is 16.6. The average molecular weight is 877 g/mol. The van der Waals surface area contributed by atoms with Crippen molar-refractivity contribution >= 4 is 17.9 Å². The van der Waals surface area contributed by atoms with Gasteiger partial charge < -0.3 is 14.2 Å². The maximum atomic E-state index is 12.8. The van der Waals surface area contributed by atoms with Crippen molar-refractivity contribution in [2.24, 2.45) is 5.92 Å². The van der Waals surface area contributed by atoms with E-state index in [-0.39, 0.29) is 31.1 Å². The molecule has 0 aliphatic rings. The molecule has 0 N–H and O–H groups in total. The molecule has 0 amide bonds. The number of hydrogen-bond acceptors (Lipinski definition) is 6. The second-order valence-electron chi connectivity index (χ2n) is 19.7. The van der Waals surface area contributed by atoms with E-state index in [1.807, 2.05) is 0 Å². The molecule has 0 aliphatic carbocycles. The fraction of sp³-hybridized carbons (Fsp3) is 0.946. The van der Waals surface area contributed by atoms with Crippen molar-refractivity contribution in [2.45, 2.75) is 323 Å². The summed E-state index contributed by atoms with van der Waals surface area (Å²) in [6, 6.07) is 0. The standard InChI is InChI=1S/C56H108O6/c1-5-7-9-11-13-15-17-18-19-20-21-22-23-24-29-33-37-41-45-49-56(59)62-53(50-60-54(57)47-43-39-35-31-16-14-12-10-8-6-2)51-61-55(58)48-44-40-36-32-28-26-25-27-30-34-38-42-46-52(3)4/h52-53H,5-51H2,1-4H3/t53-/m1/s1. The first-order valence-electron chi connectivity index (χ1n) is 27.9. The average Bonchev–Trinajstić information content (AvgIpc) is 3.26. The van der Waals surface area contributed by atoms with Crippen LogP contribution in [0.25, 0.3) is 0 Å². The monoisotopic (exact) mass is 877 g/mol. The van der Waals surface area contributed by atoms with Crippen LogP contribution in [-0.2, 0) is 28.6 Å². The van der Waals surface area contributed by atoms with Crippen LogP contribution in [0.5, 0.6) is 0 Å². The van der Waals surface area contributed by atoms with Crippen LogP contribution in [0.2, 0.25) is 0 Å². The van der Waals surface area contributed by atoms with Gasteiger partial charge in [-0.05, 0) is 25.2 Å². The summed E-state index contributed by atoms with van der Waals surface area (Å²) in [5.41, 5.74) is 0. The molecular weight excluding hydrogens is 769 g/mol. The van der Waals surface area contributed by atoms with E-state index >= 15 is 0 Å². The molecule has 368 valence electrons. The fourth-order valence-corrected chi connectivity index (χ4v) is 8.57. The molecule has 0 radical (unpaired) electrons. The summed E-state index contributed by atoms with van der Waals surface area (Å²) in [7, 11) is 0. The Bertz CT molecular complexity index is 933. The number of esters is 3. The van der Waals surface area contributed by atoms with E-state index in [0.717, 1.165) is 63.7 Å². The van der Waals surface area contributed by atoms with E-state index in [0.29, 0.717) is 19.3 Å². The van der Waals surface area contributed by atoms with E-state index in [9.17, 15) is 14.4 Å². The van der Waals surface area contributed by atoms with Gasteiger partial charge in [0.15, 0.2) is 6.10 Å². The maximum absolute atomic E-state index is 12.8. The minimum atomic E-state index is -0.761. The third-order valence-corrected chi connectivity index (χ3v) is 12.8. The quantitative estimate of drug-likeness (QED) is 0.0344. The Hall–Kier alpha value is -1.59. The smallest absolute Gasteiger partial charge is 0.306 e. The van der Waals surface area contributed by atoms with Crippen LogP contribution in [-0.4, -0.2) is 37.2 Å². The molecule has 0 bridgehead atoms. The molecule has 0 saturated carbocycles. The first kappa shape index (κ1) is 60.4. The van der Waals surface area contributed by atoms with Gasteiger partial charge in [0.25, 0.3) is 0 Å². The van der Waals surface area contributed by atoms with Crippen molar-refractivity contribution in [3.63, 3.8) is 0 Å². The van der Waals surface area contributed by atoms with Crippen LogP contribution in [0.1, 0.15) is 317 Å². The summed E-state index contributed by atoms with van der Waals surface area (Å²) >= 11 is 0. The molecule has 0 saturated heterocycles. The van der Waals surface area contributed by atoms with Gasteiger partial charge in [0.05, 0.1) is 0 Å². The predicted octanol–water partition coefficient (Wildman–Crippen LogP) is 18.2. The lowest BCUT2D eigenvalue weighted by Crippen LogP contribution is -2.30. The molecule has 62 heavy (non-hydrogen) atoms. The highest BCUT2D eigenvalue weighted by Gasteiger charge is 2.19. The van der Waals surface area contributed by atoms with Gasteiger partial charge >= 0.3 is 17.9 Å². The summed E-state index contributed by atoms with van der Waals surface area (Å²) in [4.78, 5) is 38.0. The Labute approximate surface area is 387 Å². The highest BCUT2D eigenvalue weighted by molar-refractivity contribution is 5.71. The van der Waals surface area contributed by atoms with Crippen LogP contribution in [0.3, 0.4) is 0 Å². The summed E-state index contributed by atoms with van der Waals surface area (Å²) < 4.78 is 16.8. The number of carbonyl (C=O) groups excluding carboxylic acids is 3. The Balaban J connectivity index is 4.24. The molecule has 0 fully saturated rings. The number of rotatable bonds is 51. The van der Waals surface area contributed by atoms with Crippen molar-refractivity contribution in [1.82, 2.24) is 0 Å². The molecule has 6 nitrogen and oxygen atoms in total. The molecule has 0 unspecified atom stereocenters. The Morgan fingerprint density at radius 2 is 0.532 bits per heavy atom. The summed E-state index contributed by atoms with van der Waals surface area (Å²) in [5.74, 6) is -0.00704. The van der Waals surface area contributed by atoms with Crippen LogP contribution in [0.15, 0.2) is 0 Å². The second kappa shape index (κ2) is 50.4. The van der Waals surface area contributed by atoms with Crippen LogP contribution in [0, 0.1) is 5.92 Å². The number of ether oxygens (including phenoxy) is 3. The lowest BCUT2D eigenvalue weighted by atomic mass is 10.0. The third-order valence-electron chi connectivity index (χ3n) is 12.8. The van der Waals surface area contributed by atoms with Gasteiger partial charge in [0.2, 0.25) is 0 Å². The maximum Gasteiger partial charge on any atom is 0.306 e. The predicted molar refractivity (Wildman–Crippen MR) is 266 cm³/mol. The summed E-state index contributed by atoms with van der Waals surface area (Å²) in [6.45, 7) is 9.04. The van der Waals surface area contributed by atoms with Crippen LogP contribution >= 0.6 is 0 Å². The zero-order chi connectivity index (χ0) is 45.2. The Morgan fingerprint density at radius 1 is 0.306 bits per heavy atom. The minimum absolute atomic E-state index is 0.0625. The lowest BCUT2D eigenvalue weighted by Gasteiger charge is -2.18. The second-order valence-corrected chi connectivity index (χ2v) is 19.7. The molecule has 0 heterocycles. The van der Waals surface area contributed by atoms with Gasteiger partial charge in [-0.1, -0.05) is 278 Å². The molecule has 0 spiro atoms. The number of carbonyl (C=O) groups is 3. The number of unbranched alkanes of at least 4 members (excludes halogenated alkanes) is 38. The van der Waals surface area contributed by atoms with Crippen molar-refractivity contribution in [2.75, 3.05) is 13.2 Å². The molecule has 1 atom stereocenters. The van der Waals surface area contributed by atoms with Crippen LogP contribution in [0.4, 0.5) is 0 Å². The first-order chi connectivity index (χ1) is 30.4. The van der Waals surface area contributed by atoms with Crippen molar-refractivity contribution in [3.8, 4) is 0 Å². The zero-order valence-corrected chi connectivity index (χ0v) is 42.3. The molecular formula is C56H108O6. The minimum Gasteiger partial charge on any atom is -0.462 e. The van der Waals surface area contributed by atoms with Crippen molar-refractivity contribution in [3.05, 3.63) is 0 Å². The van der Waals surface area contributed by atoms with E-state index in [4.69, 9.17) is 14.2 Å². The SMILES string of the molecule is CCCCCCCCCCCCCCCCCCCCCC(=O)O[C@H](COC(=O)CCCCCCCCCCCC)COC(=O)CCCCCCCCCCCCCCC(C)C. The van der Waals surface area contributed by atoms with Gasteiger partial charge in [-0.25, -0.2) is 0 Å². The fourth-order valence-electron chi connectivity index (χ4n) is 8.57. The van der Waals surface area contributed by atoms with Gasteiger partial charge in [-0.15, -0.1) is 0 Å². The molecule has 0 aromatic rings. The lowest BCUT2D eigenvalue weighted by molar-refractivity contribution is -0.167. The summed E-state index contributed by atoms with van der Waals surface area (Å²) in [6.07, 6.45) is 53.8. The zero-order valence-electron chi connectivity index (χ0n) is 42.3. The molecule has 0 aliphatic heterocycles.